The van der Waals surface area contributed by atoms with E-state index < -0.39 is 5.97 Å². The number of carbonyl (C=O) groups excluding carboxylic acids is 1. The number of rotatable bonds is 4. The Kier molecular flexibility index (Phi) is 4.75. The Morgan fingerprint density at radius 3 is 2.57 bits per heavy atom. The van der Waals surface area contributed by atoms with Crippen molar-refractivity contribution >= 4 is 17.6 Å². The molecule has 6 heteroatoms. The number of nitrogens with one attached hydrogen (secondary N) is 1. The molecule has 0 aliphatic carbocycles. The zero-order chi connectivity index (χ0) is 15.4. The lowest BCUT2D eigenvalue weighted by Crippen LogP contribution is -2.21. The van der Waals surface area contributed by atoms with Crippen LogP contribution in [-0.2, 0) is 16.0 Å². The molecular formula is C15H15ClN2O3. The fraction of sp³-hybridized carbons (Fsp3) is 0.267. The second kappa shape index (κ2) is 6.54. The first kappa shape index (κ1) is 15.3. The standard InChI is InChI=1S/C15H15ClN2O3/c1-3-21-13(19)8-12-9(2)17-14(18-15(12)20)10-4-6-11(16)7-5-10/h4-7H,3,8H2,1-2H3,(H,17,18,20). The van der Waals surface area contributed by atoms with Crippen LogP contribution in [0.3, 0.4) is 0 Å². The first-order valence-electron chi connectivity index (χ1n) is 6.52. The predicted molar refractivity (Wildman–Crippen MR) is 80.4 cm³/mol. The third kappa shape index (κ3) is 3.70. The molecule has 0 spiro atoms. The molecule has 0 atom stereocenters. The zero-order valence-electron chi connectivity index (χ0n) is 11.8. The fourth-order valence-electron chi connectivity index (χ4n) is 1.92. The predicted octanol–water partition coefficient (Wildman–Crippen LogP) is 2.50. The topological polar surface area (TPSA) is 72.0 Å². The number of hydrogen-bond donors (Lipinski definition) is 1. The first-order chi connectivity index (χ1) is 10.0. The van der Waals surface area contributed by atoms with Gasteiger partial charge in [-0.15, -0.1) is 0 Å². The summed E-state index contributed by atoms with van der Waals surface area (Å²) in [6.45, 7) is 3.70. The number of aromatic amines is 1. The van der Waals surface area contributed by atoms with Crippen LogP contribution in [0.1, 0.15) is 18.2 Å². The van der Waals surface area contributed by atoms with Crippen molar-refractivity contribution in [2.45, 2.75) is 20.3 Å². The Labute approximate surface area is 126 Å². The molecule has 0 fully saturated rings. The number of ether oxygens (including phenoxy) is 1. The van der Waals surface area contributed by atoms with E-state index in [1.807, 2.05) is 0 Å². The number of nitrogens with zero attached hydrogens (tertiary/aromatic N) is 1. The highest BCUT2D eigenvalue weighted by Crippen LogP contribution is 2.18. The van der Waals surface area contributed by atoms with E-state index in [4.69, 9.17) is 16.3 Å². The van der Waals surface area contributed by atoms with Crippen LogP contribution in [0.4, 0.5) is 0 Å². The number of carbonyl (C=O) groups is 1. The fourth-order valence-corrected chi connectivity index (χ4v) is 2.05. The molecule has 0 aliphatic heterocycles. The minimum atomic E-state index is -0.438. The van der Waals surface area contributed by atoms with Crippen molar-refractivity contribution in [1.82, 2.24) is 9.97 Å². The number of H-pyrrole nitrogens is 1. The Hall–Kier alpha value is -2.14. The summed E-state index contributed by atoms with van der Waals surface area (Å²) in [6, 6.07) is 6.98. The summed E-state index contributed by atoms with van der Waals surface area (Å²) in [5.41, 5.74) is 1.26. The number of aromatic nitrogens is 2. The lowest BCUT2D eigenvalue weighted by molar-refractivity contribution is -0.142. The molecule has 0 aliphatic rings. The molecule has 0 unspecified atom stereocenters. The average molecular weight is 307 g/mol. The molecule has 2 rings (SSSR count). The van der Waals surface area contributed by atoms with Crippen LogP contribution < -0.4 is 5.56 Å². The third-order valence-corrected chi connectivity index (χ3v) is 3.22. The number of benzene rings is 1. The van der Waals surface area contributed by atoms with Gasteiger partial charge in [0.25, 0.3) is 5.56 Å². The normalized spacial score (nSPS) is 10.4. The summed E-state index contributed by atoms with van der Waals surface area (Å²) in [5.74, 6) is 0.00826. The molecule has 0 bridgehead atoms. The summed E-state index contributed by atoms with van der Waals surface area (Å²) in [6.07, 6.45) is -0.0805. The van der Waals surface area contributed by atoms with E-state index in [0.717, 1.165) is 5.56 Å². The molecule has 0 radical (unpaired) electrons. The summed E-state index contributed by atoms with van der Waals surface area (Å²) in [5, 5.41) is 0.608. The lowest BCUT2D eigenvalue weighted by Gasteiger charge is -2.07. The van der Waals surface area contributed by atoms with Crippen molar-refractivity contribution in [3.63, 3.8) is 0 Å². The van der Waals surface area contributed by atoms with Crippen LogP contribution >= 0.6 is 11.6 Å². The second-order valence-electron chi connectivity index (χ2n) is 4.47. The van der Waals surface area contributed by atoms with Crippen LogP contribution in [-0.4, -0.2) is 22.5 Å². The monoisotopic (exact) mass is 306 g/mol. The zero-order valence-corrected chi connectivity index (χ0v) is 12.5. The van der Waals surface area contributed by atoms with Crippen molar-refractivity contribution in [2.24, 2.45) is 0 Å². The van der Waals surface area contributed by atoms with Gasteiger partial charge in [0.1, 0.15) is 5.82 Å². The van der Waals surface area contributed by atoms with Gasteiger partial charge in [-0.3, -0.25) is 9.59 Å². The molecule has 1 heterocycles. The van der Waals surface area contributed by atoms with Crippen LogP contribution in [0.5, 0.6) is 0 Å². The Bertz CT molecular complexity index is 708. The highest BCUT2D eigenvalue weighted by Gasteiger charge is 2.14. The molecule has 1 aromatic carbocycles. The summed E-state index contributed by atoms with van der Waals surface area (Å²) in [4.78, 5) is 30.6. The van der Waals surface area contributed by atoms with Gasteiger partial charge in [-0.25, -0.2) is 4.98 Å². The smallest absolute Gasteiger partial charge is 0.310 e. The highest BCUT2D eigenvalue weighted by atomic mass is 35.5. The number of aryl methyl sites for hydroxylation is 1. The molecule has 5 nitrogen and oxygen atoms in total. The average Bonchev–Trinajstić information content (AvgIpc) is 2.44. The van der Waals surface area contributed by atoms with Gasteiger partial charge in [0.05, 0.1) is 13.0 Å². The molecule has 21 heavy (non-hydrogen) atoms. The second-order valence-corrected chi connectivity index (χ2v) is 4.90. The van der Waals surface area contributed by atoms with Crippen molar-refractivity contribution < 1.29 is 9.53 Å². The molecule has 1 aromatic heterocycles. The SMILES string of the molecule is CCOC(=O)Cc1c(C)nc(-c2ccc(Cl)cc2)[nH]c1=O. The maximum Gasteiger partial charge on any atom is 0.310 e. The summed E-state index contributed by atoms with van der Waals surface area (Å²) < 4.78 is 4.85. The maximum atomic E-state index is 12.1. The summed E-state index contributed by atoms with van der Waals surface area (Å²) >= 11 is 5.83. The van der Waals surface area contributed by atoms with Gasteiger partial charge >= 0.3 is 5.97 Å². The van der Waals surface area contributed by atoms with Gasteiger partial charge in [0.2, 0.25) is 0 Å². The van der Waals surface area contributed by atoms with Crippen molar-refractivity contribution in [1.29, 1.82) is 0 Å². The molecule has 0 saturated carbocycles. The van der Waals surface area contributed by atoms with E-state index >= 15 is 0 Å². The molecule has 110 valence electrons. The van der Waals surface area contributed by atoms with Crippen LogP contribution in [0.2, 0.25) is 5.02 Å². The van der Waals surface area contributed by atoms with Gasteiger partial charge < -0.3 is 9.72 Å². The van der Waals surface area contributed by atoms with Gasteiger partial charge in [0, 0.05) is 21.8 Å². The Morgan fingerprint density at radius 2 is 2.00 bits per heavy atom. The molecule has 0 saturated heterocycles. The minimum Gasteiger partial charge on any atom is -0.466 e. The number of esters is 1. The first-order valence-corrected chi connectivity index (χ1v) is 6.90. The lowest BCUT2D eigenvalue weighted by atomic mass is 10.1. The van der Waals surface area contributed by atoms with Crippen molar-refractivity contribution in [3.8, 4) is 11.4 Å². The largest absolute Gasteiger partial charge is 0.466 e. The number of halogens is 1. The van der Waals surface area contributed by atoms with Gasteiger partial charge in [0.15, 0.2) is 0 Å². The molecule has 0 amide bonds. The number of hydrogen-bond acceptors (Lipinski definition) is 4. The third-order valence-electron chi connectivity index (χ3n) is 2.97. The molecular weight excluding hydrogens is 292 g/mol. The highest BCUT2D eigenvalue weighted by molar-refractivity contribution is 6.30. The van der Waals surface area contributed by atoms with Gasteiger partial charge in [-0.2, -0.15) is 0 Å². The Morgan fingerprint density at radius 1 is 1.33 bits per heavy atom. The van der Waals surface area contributed by atoms with Crippen molar-refractivity contribution in [3.05, 3.63) is 50.9 Å². The van der Waals surface area contributed by atoms with E-state index in [9.17, 15) is 9.59 Å². The van der Waals surface area contributed by atoms with E-state index in [0.29, 0.717) is 22.1 Å². The van der Waals surface area contributed by atoms with E-state index in [1.54, 1.807) is 38.1 Å². The quantitative estimate of drug-likeness (QED) is 0.881. The van der Waals surface area contributed by atoms with Crippen LogP contribution in [0, 0.1) is 6.92 Å². The maximum absolute atomic E-state index is 12.1. The summed E-state index contributed by atoms with van der Waals surface area (Å²) in [7, 11) is 0. The minimum absolute atomic E-state index is 0.0805. The Balaban J connectivity index is 2.35. The van der Waals surface area contributed by atoms with E-state index in [2.05, 4.69) is 9.97 Å². The van der Waals surface area contributed by atoms with E-state index in [-0.39, 0.29) is 18.6 Å². The van der Waals surface area contributed by atoms with Crippen LogP contribution in [0.25, 0.3) is 11.4 Å². The van der Waals surface area contributed by atoms with Gasteiger partial charge in [-0.05, 0) is 38.1 Å². The van der Waals surface area contributed by atoms with Crippen molar-refractivity contribution in [2.75, 3.05) is 6.61 Å². The van der Waals surface area contributed by atoms with Crippen LogP contribution in [0.15, 0.2) is 29.1 Å². The van der Waals surface area contributed by atoms with Gasteiger partial charge in [-0.1, -0.05) is 11.6 Å². The van der Waals surface area contributed by atoms with E-state index in [1.165, 1.54) is 0 Å². The molecule has 1 N–H and O–H groups in total. The molecule has 2 aromatic rings.